The summed E-state index contributed by atoms with van der Waals surface area (Å²) in [4.78, 5) is 14.4. The fraction of sp³-hybridized carbons (Fsp3) is 0.0870. The summed E-state index contributed by atoms with van der Waals surface area (Å²) in [6.07, 6.45) is 0. The average Bonchev–Trinajstić information content (AvgIpc) is 3.26. The van der Waals surface area contributed by atoms with Crippen LogP contribution in [0.2, 0.25) is 10.0 Å². The van der Waals surface area contributed by atoms with Crippen molar-refractivity contribution in [3.63, 3.8) is 0 Å². The number of benzene rings is 3. The Morgan fingerprint density at radius 2 is 1.53 bits per heavy atom. The van der Waals surface area contributed by atoms with E-state index in [9.17, 15) is 4.79 Å². The van der Waals surface area contributed by atoms with Gasteiger partial charge in [-0.3, -0.25) is 4.79 Å². The van der Waals surface area contributed by atoms with Gasteiger partial charge in [-0.2, -0.15) is 0 Å². The summed E-state index contributed by atoms with van der Waals surface area (Å²) in [5.41, 5.74) is 2.97. The number of aromatic nitrogens is 2. The molecule has 0 N–H and O–H groups in total. The molecule has 0 aliphatic heterocycles. The number of rotatable bonds is 5. The first kappa shape index (κ1) is 20.1. The Kier molecular flexibility index (Phi) is 5.84. The third-order valence-electron chi connectivity index (χ3n) is 4.59. The highest BCUT2D eigenvalue weighted by Crippen LogP contribution is 2.25. The summed E-state index contributed by atoms with van der Waals surface area (Å²) < 4.78 is 5.76. The van der Waals surface area contributed by atoms with Gasteiger partial charge in [0.15, 0.2) is 0 Å². The third-order valence-corrected chi connectivity index (χ3v) is 5.18. The van der Waals surface area contributed by atoms with E-state index in [0.717, 1.165) is 16.7 Å². The Morgan fingerprint density at radius 1 is 0.900 bits per heavy atom. The average molecular weight is 438 g/mol. The number of nitrogens with zero attached hydrogens (tertiary/aromatic N) is 3. The molecule has 0 bridgehead atoms. The van der Waals surface area contributed by atoms with Crippen molar-refractivity contribution in [3.8, 4) is 22.9 Å². The first-order valence-electron chi connectivity index (χ1n) is 9.20. The smallest absolute Gasteiger partial charge is 0.253 e. The molecule has 0 unspecified atom stereocenters. The molecule has 150 valence electrons. The van der Waals surface area contributed by atoms with Crippen LogP contribution in [0.25, 0.3) is 22.9 Å². The van der Waals surface area contributed by atoms with E-state index in [1.807, 2.05) is 36.4 Å². The summed E-state index contributed by atoms with van der Waals surface area (Å²) in [6.45, 7) is 0.376. The topological polar surface area (TPSA) is 59.2 Å². The van der Waals surface area contributed by atoms with E-state index in [1.54, 1.807) is 48.3 Å². The monoisotopic (exact) mass is 437 g/mol. The minimum Gasteiger partial charge on any atom is -0.416 e. The van der Waals surface area contributed by atoms with Gasteiger partial charge in [-0.1, -0.05) is 47.5 Å². The lowest BCUT2D eigenvalue weighted by Crippen LogP contribution is -2.26. The number of hydrogen-bond acceptors (Lipinski definition) is 4. The van der Waals surface area contributed by atoms with Crippen LogP contribution in [0.5, 0.6) is 0 Å². The molecule has 0 spiro atoms. The van der Waals surface area contributed by atoms with Crippen molar-refractivity contribution in [2.45, 2.75) is 6.54 Å². The van der Waals surface area contributed by atoms with Crippen LogP contribution in [0.4, 0.5) is 0 Å². The SMILES string of the molecule is CN(Cc1ccc(Cl)cc1Cl)C(=O)c1ccc(-c2nnc(-c3ccccc3)o2)cc1. The first-order valence-corrected chi connectivity index (χ1v) is 9.95. The van der Waals surface area contributed by atoms with Crippen LogP contribution in [-0.4, -0.2) is 28.1 Å². The van der Waals surface area contributed by atoms with Gasteiger partial charge in [-0.05, 0) is 54.1 Å². The van der Waals surface area contributed by atoms with Crippen molar-refractivity contribution < 1.29 is 9.21 Å². The highest BCUT2D eigenvalue weighted by molar-refractivity contribution is 6.35. The molecule has 0 aliphatic rings. The Bertz CT molecular complexity index is 1170. The Morgan fingerprint density at radius 3 is 2.17 bits per heavy atom. The van der Waals surface area contributed by atoms with Crippen molar-refractivity contribution in [2.75, 3.05) is 7.05 Å². The zero-order valence-corrected chi connectivity index (χ0v) is 17.6. The van der Waals surface area contributed by atoms with Crippen molar-refractivity contribution in [2.24, 2.45) is 0 Å². The summed E-state index contributed by atoms with van der Waals surface area (Å²) in [7, 11) is 1.73. The summed E-state index contributed by atoms with van der Waals surface area (Å²) in [6, 6.07) is 21.9. The largest absolute Gasteiger partial charge is 0.416 e. The quantitative estimate of drug-likeness (QED) is 0.385. The molecule has 7 heteroatoms. The second-order valence-corrected chi connectivity index (χ2v) is 7.60. The van der Waals surface area contributed by atoms with Crippen LogP contribution in [0.1, 0.15) is 15.9 Å². The van der Waals surface area contributed by atoms with Crippen LogP contribution in [0.15, 0.2) is 77.2 Å². The number of halogens is 2. The van der Waals surface area contributed by atoms with E-state index < -0.39 is 0 Å². The number of amides is 1. The summed E-state index contributed by atoms with van der Waals surface area (Å²) >= 11 is 12.1. The highest BCUT2D eigenvalue weighted by Gasteiger charge is 2.15. The Balaban J connectivity index is 1.48. The van der Waals surface area contributed by atoms with E-state index in [2.05, 4.69) is 10.2 Å². The maximum atomic E-state index is 12.8. The lowest BCUT2D eigenvalue weighted by Gasteiger charge is -2.18. The second-order valence-electron chi connectivity index (χ2n) is 6.75. The van der Waals surface area contributed by atoms with Gasteiger partial charge in [0.05, 0.1) is 0 Å². The molecular formula is C23H17Cl2N3O2. The zero-order valence-electron chi connectivity index (χ0n) is 16.0. The van der Waals surface area contributed by atoms with E-state index in [4.69, 9.17) is 27.6 Å². The fourth-order valence-corrected chi connectivity index (χ4v) is 3.46. The van der Waals surface area contributed by atoms with Gasteiger partial charge in [0.1, 0.15) is 0 Å². The van der Waals surface area contributed by atoms with E-state index in [1.165, 1.54) is 0 Å². The van der Waals surface area contributed by atoms with Crippen molar-refractivity contribution in [3.05, 3.63) is 94.0 Å². The fourth-order valence-electron chi connectivity index (χ4n) is 2.99. The Hall–Kier alpha value is -3.15. The van der Waals surface area contributed by atoms with Crippen LogP contribution in [0.3, 0.4) is 0 Å². The summed E-state index contributed by atoms with van der Waals surface area (Å²) in [5.74, 6) is 0.725. The van der Waals surface area contributed by atoms with Crippen LogP contribution in [0, 0.1) is 0 Å². The second kappa shape index (κ2) is 8.69. The number of hydrogen-bond donors (Lipinski definition) is 0. The normalized spacial score (nSPS) is 10.8. The lowest BCUT2D eigenvalue weighted by molar-refractivity contribution is 0.0785. The summed E-state index contributed by atoms with van der Waals surface area (Å²) in [5, 5.41) is 9.29. The lowest BCUT2D eigenvalue weighted by atomic mass is 10.1. The first-order chi connectivity index (χ1) is 14.5. The van der Waals surface area contributed by atoms with Crippen molar-refractivity contribution in [1.29, 1.82) is 0 Å². The molecule has 0 aliphatic carbocycles. The highest BCUT2D eigenvalue weighted by atomic mass is 35.5. The van der Waals surface area contributed by atoms with Crippen LogP contribution in [-0.2, 0) is 6.54 Å². The van der Waals surface area contributed by atoms with Gasteiger partial charge >= 0.3 is 0 Å². The van der Waals surface area contributed by atoms with Gasteiger partial charge in [-0.15, -0.1) is 10.2 Å². The molecule has 0 fully saturated rings. The minimum absolute atomic E-state index is 0.122. The molecule has 5 nitrogen and oxygen atoms in total. The molecule has 1 amide bonds. The maximum absolute atomic E-state index is 12.8. The standard InChI is InChI=1S/C23H17Cl2N3O2/c1-28(14-18-11-12-19(24)13-20(18)25)23(29)17-9-7-16(8-10-17)22-27-26-21(30-22)15-5-3-2-4-6-15/h2-13H,14H2,1H3. The number of carbonyl (C=O) groups excluding carboxylic acids is 1. The Labute approximate surface area is 183 Å². The van der Waals surface area contributed by atoms with Crippen LogP contribution >= 0.6 is 23.2 Å². The van der Waals surface area contributed by atoms with Crippen molar-refractivity contribution in [1.82, 2.24) is 15.1 Å². The minimum atomic E-state index is -0.122. The predicted octanol–water partition coefficient (Wildman–Crippen LogP) is 5.98. The predicted molar refractivity (Wildman–Crippen MR) is 117 cm³/mol. The maximum Gasteiger partial charge on any atom is 0.253 e. The van der Waals surface area contributed by atoms with E-state index in [0.29, 0.717) is 33.9 Å². The molecule has 1 heterocycles. The van der Waals surface area contributed by atoms with Gasteiger partial charge in [0, 0.05) is 40.3 Å². The number of carbonyl (C=O) groups is 1. The van der Waals surface area contributed by atoms with Gasteiger partial charge in [0.25, 0.3) is 5.91 Å². The molecule has 1 aromatic heterocycles. The van der Waals surface area contributed by atoms with Crippen molar-refractivity contribution >= 4 is 29.1 Å². The van der Waals surface area contributed by atoms with Gasteiger partial charge in [-0.25, -0.2) is 0 Å². The molecule has 0 saturated heterocycles. The molecular weight excluding hydrogens is 421 g/mol. The van der Waals surface area contributed by atoms with Gasteiger partial charge in [0.2, 0.25) is 11.8 Å². The van der Waals surface area contributed by atoms with Gasteiger partial charge < -0.3 is 9.32 Å². The molecule has 0 atom stereocenters. The molecule has 0 saturated carbocycles. The molecule has 4 aromatic rings. The zero-order chi connectivity index (χ0) is 21.1. The third kappa shape index (κ3) is 4.37. The molecule has 4 rings (SSSR count). The molecule has 30 heavy (non-hydrogen) atoms. The van der Waals surface area contributed by atoms with Crippen LogP contribution < -0.4 is 0 Å². The van der Waals surface area contributed by atoms with E-state index in [-0.39, 0.29) is 5.91 Å². The molecule has 3 aromatic carbocycles. The van der Waals surface area contributed by atoms with E-state index >= 15 is 0 Å². The molecule has 0 radical (unpaired) electrons.